The molecular formula is C26H28ClN3O. The van der Waals surface area contributed by atoms with E-state index in [2.05, 4.69) is 49.8 Å². The second-order valence-corrected chi connectivity index (χ2v) is 9.89. The number of pyridine rings is 2. The molecule has 5 heteroatoms. The largest absolute Gasteiger partial charge is 0.338 e. The minimum atomic E-state index is -0.0279. The normalized spacial score (nSPS) is 16.5. The Labute approximate surface area is 189 Å². The van der Waals surface area contributed by atoms with Crippen LogP contribution in [0.5, 0.6) is 0 Å². The summed E-state index contributed by atoms with van der Waals surface area (Å²) in [6, 6.07) is 11.8. The molecule has 1 aromatic carbocycles. The number of carbonyl (C=O) groups excluding carboxylic acids is 1. The van der Waals surface area contributed by atoms with E-state index < -0.39 is 0 Å². The molecule has 1 amide bonds. The molecule has 0 aliphatic carbocycles. The molecule has 1 unspecified atom stereocenters. The fraction of sp³-hybridized carbons (Fsp3) is 0.346. The van der Waals surface area contributed by atoms with Crippen LogP contribution in [0.1, 0.15) is 50.2 Å². The summed E-state index contributed by atoms with van der Waals surface area (Å²) in [7, 11) is 0. The van der Waals surface area contributed by atoms with Crippen LogP contribution in [0, 0.1) is 5.92 Å². The second kappa shape index (κ2) is 8.43. The molecule has 160 valence electrons. The lowest BCUT2D eigenvalue weighted by Gasteiger charge is -2.18. The number of nitrogens with zero attached hydrogens (tertiary/aromatic N) is 3. The first-order valence-corrected chi connectivity index (χ1v) is 11.1. The van der Waals surface area contributed by atoms with E-state index in [0.29, 0.717) is 16.5 Å². The third-order valence-electron chi connectivity index (χ3n) is 5.84. The summed E-state index contributed by atoms with van der Waals surface area (Å²) in [5.74, 6) is 0.607. The maximum atomic E-state index is 12.8. The number of hydrogen-bond donors (Lipinski definition) is 0. The van der Waals surface area contributed by atoms with Crippen molar-refractivity contribution in [1.29, 1.82) is 0 Å². The average Bonchev–Trinajstić information content (AvgIpc) is 3.19. The van der Waals surface area contributed by atoms with Crippen molar-refractivity contribution in [1.82, 2.24) is 14.9 Å². The highest BCUT2D eigenvalue weighted by Crippen LogP contribution is 2.32. The monoisotopic (exact) mass is 433 g/mol. The lowest BCUT2D eigenvalue weighted by atomic mass is 9.90. The van der Waals surface area contributed by atoms with Gasteiger partial charge in [0.25, 0.3) is 5.91 Å². The number of amides is 1. The highest BCUT2D eigenvalue weighted by atomic mass is 35.5. The standard InChI is InChI=1S/C26H28ClN3O/c1-17-8-10-30(16-17)25(31)19-5-6-22(23(27)12-19)21-11-20(14-28-15-21)18-7-9-29-24(13-18)26(2,3)4/h5-7,9,11-15,17H,8,10,16H2,1-4H3. The van der Waals surface area contributed by atoms with E-state index in [1.165, 1.54) is 0 Å². The minimum absolute atomic E-state index is 0.0279. The van der Waals surface area contributed by atoms with Gasteiger partial charge in [0.05, 0.1) is 0 Å². The zero-order chi connectivity index (χ0) is 22.2. The summed E-state index contributed by atoms with van der Waals surface area (Å²) in [4.78, 5) is 23.7. The van der Waals surface area contributed by atoms with Gasteiger partial charge in [0.1, 0.15) is 0 Å². The van der Waals surface area contributed by atoms with E-state index in [-0.39, 0.29) is 11.3 Å². The minimum Gasteiger partial charge on any atom is -0.338 e. The van der Waals surface area contributed by atoms with Crippen LogP contribution in [0.2, 0.25) is 5.02 Å². The third-order valence-corrected chi connectivity index (χ3v) is 6.15. The summed E-state index contributed by atoms with van der Waals surface area (Å²) in [5.41, 5.74) is 5.51. The molecule has 1 aliphatic rings. The Balaban J connectivity index is 1.63. The van der Waals surface area contributed by atoms with Crippen LogP contribution in [0.3, 0.4) is 0 Å². The number of carbonyl (C=O) groups is 1. The summed E-state index contributed by atoms with van der Waals surface area (Å²) >= 11 is 6.62. The first-order valence-electron chi connectivity index (χ1n) is 10.7. The zero-order valence-corrected chi connectivity index (χ0v) is 19.3. The quantitative estimate of drug-likeness (QED) is 0.490. The summed E-state index contributed by atoms with van der Waals surface area (Å²) < 4.78 is 0. The summed E-state index contributed by atoms with van der Waals surface area (Å²) in [6.45, 7) is 10.3. The molecule has 1 saturated heterocycles. The molecule has 1 fully saturated rings. The van der Waals surface area contributed by atoms with Gasteiger partial charge in [-0.3, -0.25) is 14.8 Å². The Morgan fingerprint density at radius 3 is 2.52 bits per heavy atom. The van der Waals surface area contributed by atoms with Crippen molar-refractivity contribution in [2.24, 2.45) is 5.92 Å². The van der Waals surface area contributed by atoms with Gasteiger partial charge in [0, 0.05) is 70.1 Å². The van der Waals surface area contributed by atoms with Gasteiger partial charge in [-0.2, -0.15) is 0 Å². The topological polar surface area (TPSA) is 46.1 Å². The molecule has 4 nitrogen and oxygen atoms in total. The molecule has 1 atom stereocenters. The highest BCUT2D eigenvalue weighted by molar-refractivity contribution is 6.33. The molecule has 0 N–H and O–H groups in total. The van der Waals surface area contributed by atoms with E-state index in [4.69, 9.17) is 11.6 Å². The van der Waals surface area contributed by atoms with Crippen molar-refractivity contribution in [2.45, 2.75) is 39.5 Å². The van der Waals surface area contributed by atoms with Crippen LogP contribution in [-0.2, 0) is 5.41 Å². The van der Waals surface area contributed by atoms with E-state index in [1.807, 2.05) is 35.5 Å². The van der Waals surface area contributed by atoms with E-state index in [1.54, 1.807) is 12.3 Å². The van der Waals surface area contributed by atoms with Gasteiger partial charge in [0.15, 0.2) is 0 Å². The third kappa shape index (κ3) is 4.64. The number of hydrogen-bond acceptors (Lipinski definition) is 3. The van der Waals surface area contributed by atoms with Crippen LogP contribution in [0.15, 0.2) is 55.0 Å². The lowest BCUT2D eigenvalue weighted by Crippen LogP contribution is -2.28. The molecule has 31 heavy (non-hydrogen) atoms. The number of aromatic nitrogens is 2. The van der Waals surface area contributed by atoms with Gasteiger partial charge in [-0.1, -0.05) is 45.4 Å². The Morgan fingerprint density at radius 2 is 1.84 bits per heavy atom. The Kier molecular flexibility index (Phi) is 5.85. The van der Waals surface area contributed by atoms with E-state index in [9.17, 15) is 4.79 Å². The molecule has 0 spiro atoms. The van der Waals surface area contributed by atoms with Crippen molar-refractivity contribution >= 4 is 17.5 Å². The van der Waals surface area contributed by atoms with E-state index in [0.717, 1.165) is 47.5 Å². The van der Waals surface area contributed by atoms with Crippen LogP contribution in [-0.4, -0.2) is 33.9 Å². The molecular weight excluding hydrogens is 406 g/mol. The molecule has 3 aromatic rings. The summed E-state index contributed by atoms with van der Waals surface area (Å²) in [5, 5.41) is 0.558. The van der Waals surface area contributed by atoms with E-state index >= 15 is 0 Å². The van der Waals surface area contributed by atoms with Crippen molar-refractivity contribution in [3.05, 3.63) is 71.3 Å². The number of rotatable bonds is 3. The SMILES string of the molecule is CC1CCN(C(=O)c2ccc(-c3cncc(-c4ccnc(C(C)(C)C)c4)c3)c(Cl)c2)C1. The number of halogens is 1. The maximum Gasteiger partial charge on any atom is 0.253 e. The first-order chi connectivity index (χ1) is 14.7. The summed E-state index contributed by atoms with van der Waals surface area (Å²) in [6.07, 6.45) is 6.56. The van der Waals surface area contributed by atoms with Gasteiger partial charge < -0.3 is 4.90 Å². The van der Waals surface area contributed by atoms with Gasteiger partial charge >= 0.3 is 0 Å². The van der Waals surface area contributed by atoms with Gasteiger partial charge in [-0.15, -0.1) is 0 Å². The fourth-order valence-electron chi connectivity index (χ4n) is 3.95. The van der Waals surface area contributed by atoms with Gasteiger partial charge in [-0.25, -0.2) is 0 Å². The van der Waals surface area contributed by atoms with Crippen LogP contribution < -0.4 is 0 Å². The average molecular weight is 434 g/mol. The predicted octanol–water partition coefficient (Wildman–Crippen LogP) is 6.24. The second-order valence-electron chi connectivity index (χ2n) is 9.48. The molecule has 2 aromatic heterocycles. The molecule has 4 rings (SSSR count). The predicted molar refractivity (Wildman–Crippen MR) is 126 cm³/mol. The highest BCUT2D eigenvalue weighted by Gasteiger charge is 2.24. The molecule has 3 heterocycles. The fourth-order valence-corrected chi connectivity index (χ4v) is 4.24. The van der Waals surface area contributed by atoms with Crippen molar-refractivity contribution < 1.29 is 4.79 Å². The Bertz CT molecular complexity index is 1120. The Morgan fingerprint density at radius 1 is 1.06 bits per heavy atom. The van der Waals surface area contributed by atoms with Crippen molar-refractivity contribution in [2.75, 3.05) is 13.1 Å². The van der Waals surface area contributed by atoms with Gasteiger partial charge in [0.2, 0.25) is 0 Å². The molecule has 1 aliphatic heterocycles. The number of likely N-dealkylation sites (tertiary alicyclic amines) is 1. The van der Waals surface area contributed by atoms with Crippen LogP contribution in [0.25, 0.3) is 22.3 Å². The molecule has 0 radical (unpaired) electrons. The van der Waals surface area contributed by atoms with Crippen molar-refractivity contribution in [3.8, 4) is 22.3 Å². The smallest absolute Gasteiger partial charge is 0.253 e. The first kappa shape index (κ1) is 21.5. The van der Waals surface area contributed by atoms with Crippen LogP contribution >= 0.6 is 11.6 Å². The van der Waals surface area contributed by atoms with Crippen LogP contribution in [0.4, 0.5) is 0 Å². The lowest BCUT2D eigenvalue weighted by molar-refractivity contribution is 0.0788. The molecule has 0 saturated carbocycles. The number of benzene rings is 1. The van der Waals surface area contributed by atoms with Crippen molar-refractivity contribution in [3.63, 3.8) is 0 Å². The van der Waals surface area contributed by atoms with Gasteiger partial charge in [-0.05, 0) is 48.2 Å². The Hall–Kier alpha value is -2.72. The molecule has 0 bridgehead atoms. The maximum absolute atomic E-state index is 12.8. The zero-order valence-electron chi connectivity index (χ0n) is 18.5.